The second-order valence-corrected chi connectivity index (χ2v) is 6.48. The van der Waals surface area contributed by atoms with Gasteiger partial charge in [0.1, 0.15) is 0 Å². The van der Waals surface area contributed by atoms with Crippen LogP contribution < -0.4 is 0 Å². The third-order valence-corrected chi connectivity index (χ3v) is 4.11. The van der Waals surface area contributed by atoms with Gasteiger partial charge in [-0.15, -0.1) is 0 Å². The zero-order valence-electron chi connectivity index (χ0n) is 16.3. The normalized spacial score (nSPS) is 12.8. The standard InChI is InChI=1S/C26H24N2/c1-21(17-19-23-11-5-3-6-12-23)27-25-15-9-10-16-26(25)28-22(2)18-20-24-13-7-4-8-14-24/h3-20H,1-2H3/b19-17+,20-18+,27-21-,28-22-. The van der Waals surface area contributed by atoms with Gasteiger partial charge in [0.25, 0.3) is 0 Å². The molecule has 3 aromatic rings. The molecular formula is C26H24N2. The Morgan fingerprint density at radius 2 is 0.893 bits per heavy atom. The lowest BCUT2D eigenvalue weighted by Crippen LogP contribution is -1.86. The summed E-state index contributed by atoms with van der Waals surface area (Å²) in [5.74, 6) is 0. The molecule has 0 N–H and O–H groups in total. The van der Waals surface area contributed by atoms with E-state index in [4.69, 9.17) is 9.98 Å². The van der Waals surface area contributed by atoms with E-state index >= 15 is 0 Å². The van der Waals surface area contributed by atoms with Crippen LogP contribution in [0, 0.1) is 0 Å². The van der Waals surface area contributed by atoms with Gasteiger partial charge in [0.2, 0.25) is 0 Å². The highest BCUT2D eigenvalue weighted by atomic mass is 14.8. The molecule has 0 fully saturated rings. The summed E-state index contributed by atoms with van der Waals surface area (Å²) < 4.78 is 0. The van der Waals surface area contributed by atoms with Crippen molar-refractivity contribution in [1.82, 2.24) is 0 Å². The second-order valence-electron chi connectivity index (χ2n) is 6.48. The summed E-state index contributed by atoms with van der Waals surface area (Å²) in [4.78, 5) is 9.49. The van der Waals surface area contributed by atoms with Crippen LogP contribution in [0.2, 0.25) is 0 Å². The summed E-state index contributed by atoms with van der Waals surface area (Å²) in [5.41, 5.74) is 5.92. The predicted molar refractivity (Wildman–Crippen MR) is 123 cm³/mol. The zero-order chi connectivity index (χ0) is 19.6. The molecular weight excluding hydrogens is 340 g/mol. The fraction of sp³-hybridized carbons (Fsp3) is 0.0769. The van der Waals surface area contributed by atoms with Crippen LogP contribution in [0.4, 0.5) is 11.4 Å². The molecule has 0 aliphatic rings. The predicted octanol–water partition coefficient (Wildman–Crippen LogP) is 7.30. The SMILES string of the molecule is CC(/C=C/c1ccccc1)=N/c1ccccc1/N=C(C)\C=C\c1ccccc1. The van der Waals surface area contributed by atoms with Gasteiger partial charge in [0.05, 0.1) is 11.4 Å². The van der Waals surface area contributed by atoms with Gasteiger partial charge in [-0.25, -0.2) is 0 Å². The first-order chi connectivity index (χ1) is 13.7. The van der Waals surface area contributed by atoms with Gasteiger partial charge >= 0.3 is 0 Å². The Morgan fingerprint density at radius 3 is 1.29 bits per heavy atom. The highest BCUT2D eigenvalue weighted by Gasteiger charge is 1.99. The van der Waals surface area contributed by atoms with Crippen LogP contribution in [-0.2, 0) is 0 Å². The molecule has 0 atom stereocenters. The Morgan fingerprint density at radius 1 is 0.536 bits per heavy atom. The number of benzene rings is 3. The van der Waals surface area contributed by atoms with Gasteiger partial charge in [-0.3, -0.25) is 9.98 Å². The summed E-state index contributed by atoms with van der Waals surface area (Å²) in [7, 11) is 0. The Kier molecular flexibility index (Phi) is 6.86. The summed E-state index contributed by atoms with van der Waals surface area (Å²) in [6, 6.07) is 28.4. The highest BCUT2D eigenvalue weighted by Crippen LogP contribution is 2.28. The number of rotatable bonds is 6. The van der Waals surface area contributed by atoms with Crippen LogP contribution >= 0.6 is 0 Å². The van der Waals surface area contributed by atoms with Crippen molar-refractivity contribution >= 4 is 35.0 Å². The van der Waals surface area contributed by atoms with Crippen molar-refractivity contribution in [2.45, 2.75) is 13.8 Å². The van der Waals surface area contributed by atoms with E-state index < -0.39 is 0 Å². The average molecular weight is 364 g/mol. The smallest absolute Gasteiger partial charge is 0.0889 e. The van der Waals surface area contributed by atoms with Crippen LogP contribution in [0.5, 0.6) is 0 Å². The molecule has 0 unspecified atom stereocenters. The third kappa shape index (κ3) is 6.03. The minimum absolute atomic E-state index is 0.866. The van der Waals surface area contributed by atoms with Gasteiger partial charge in [-0.2, -0.15) is 0 Å². The lowest BCUT2D eigenvalue weighted by molar-refractivity contribution is 1.43. The number of allylic oxidation sites excluding steroid dienone is 2. The van der Waals surface area contributed by atoms with E-state index in [2.05, 4.69) is 36.4 Å². The highest BCUT2D eigenvalue weighted by molar-refractivity contribution is 6.00. The Balaban J connectivity index is 1.78. The molecule has 0 radical (unpaired) electrons. The molecule has 2 nitrogen and oxygen atoms in total. The Bertz CT molecular complexity index is 926. The van der Waals surface area contributed by atoms with E-state index in [1.807, 2.05) is 86.7 Å². The van der Waals surface area contributed by atoms with Gasteiger partial charge in [0, 0.05) is 11.4 Å². The average Bonchev–Trinajstić information content (AvgIpc) is 2.74. The van der Waals surface area contributed by atoms with Crippen molar-refractivity contribution in [3.63, 3.8) is 0 Å². The van der Waals surface area contributed by atoms with Crippen molar-refractivity contribution in [1.29, 1.82) is 0 Å². The molecule has 28 heavy (non-hydrogen) atoms. The van der Waals surface area contributed by atoms with Crippen LogP contribution in [-0.4, -0.2) is 11.4 Å². The number of hydrogen-bond acceptors (Lipinski definition) is 2. The van der Waals surface area contributed by atoms with E-state index in [1.54, 1.807) is 0 Å². The molecule has 0 saturated carbocycles. The van der Waals surface area contributed by atoms with E-state index in [9.17, 15) is 0 Å². The quantitative estimate of drug-likeness (QED) is 0.410. The number of para-hydroxylation sites is 2. The molecule has 0 aliphatic carbocycles. The molecule has 138 valence electrons. The van der Waals surface area contributed by atoms with Crippen molar-refractivity contribution in [3.05, 3.63) is 108 Å². The first-order valence-electron chi connectivity index (χ1n) is 9.36. The van der Waals surface area contributed by atoms with E-state index in [0.717, 1.165) is 33.9 Å². The van der Waals surface area contributed by atoms with E-state index in [1.165, 1.54) is 0 Å². The van der Waals surface area contributed by atoms with Gasteiger partial charge < -0.3 is 0 Å². The minimum atomic E-state index is 0.866. The first kappa shape index (κ1) is 19.2. The maximum absolute atomic E-state index is 4.74. The molecule has 0 bridgehead atoms. The second kappa shape index (κ2) is 9.98. The monoisotopic (exact) mass is 364 g/mol. The minimum Gasteiger partial charge on any atom is -0.251 e. The zero-order valence-corrected chi connectivity index (χ0v) is 16.3. The lowest BCUT2D eigenvalue weighted by atomic mass is 10.2. The van der Waals surface area contributed by atoms with Crippen LogP contribution in [0.25, 0.3) is 12.2 Å². The van der Waals surface area contributed by atoms with Crippen LogP contribution in [0.3, 0.4) is 0 Å². The number of hydrogen-bond donors (Lipinski definition) is 0. The van der Waals surface area contributed by atoms with Crippen molar-refractivity contribution in [2.24, 2.45) is 9.98 Å². The summed E-state index contributed by atoms with van der Waals surface area (Å²) >= 11 is 0. The fourth-order valence-corrected chi connectivity index (χ4v) is 2.67. The third-order valence-electron chi connectivity index (χ3n) is 4.11. The van der Waals surface area contributed by atoms with Gasteiger partial charge in [0.15, 0.2) is 0 Å². The van der Waals surface area contributed by atoms with E-state index in [-0.39, 0.29) is 0 Å². The first-order valence-corrected chi connectivity index (χ1v) is 9.36. The molecule has 0 aromatic heterocycles. The molecule has 3 rings (SSSR count). The summed E-state index contributed by atoms with van der Waals surface area (Å²) in [6.45, 7) is 4.00. The largest absolute Gasteiger partial charge is 0.251 e. The Hall–Kier alpha value is -3.52. The fourth-order valence-electron chi connectivity index (χ4n) is 2.67. The maximum Gasteiger partial charge on any atom is 0.0889 e. The molecule has 3 aromatic carbocycles. The van der Waals surface area contributed by atoms with Crippen molar-refractivity contribution in [3.8, 4) is 0 Å². The molecule has 0 spiro atoms. The van der Waals surface area contributed by atoms with E-state index in [0.29, 0.717) is 0 Å². The summed E-state index contributed by atoms with van der Waals surface area (Å²) in [6.07, 6.45) is 8.19. The topological polar surface area (TPSA) is 24.7 Å². The van der Waals surface area contributed by atoms with Crippen molar-refractivity contribution in [2.75, 3.05) is 0 Å². The van der Waals surface area contributed by atoms with Gasteiger partial charge in [-0.05, 0) is 49.3 Å². The lowest BCUT2D eigenvalue weighted by Gasteiger charge is -2.02. The molecule has 2 heteroatoms. The Labute approximate surface area is 167 Å². The molecule has 0 aliphatic heterocycles. The van der Waals surface area contributed by atoms with Gasteiger partial charge in [-0.1, -0.05) is 84.9 Å². The molecule has 0 saturated heterocycles. The number of nitrogens with zero attached hydrogens (tertiary/aromatic N) is 2. The molecule has 0 heterocycles. The molecule has 0 amide bonds. The van der Waals surface area contributed by atoms with Crippen LogP contribution in [0.15, 0.2) is 107 Å². The number of aliphatic imine (C=N–C) groups is 2. The maximum atomic E-state index is 4.74. The van der Waals surface area contributed by atoms with Crippen molar-refractivity contribution < 1.29 is 0 Å². The van der Waals surface area contributed by atoms with Crippen LogP contribution in [0.1, 0.15) is 25.0 Å². The summed E-state index contributed by atoms with van der Waals surface area (Å²) in [5, 5.41) is 0.